The molecule has 2 saturated heterocycles. The van der Waals surface area contributed by atoms with Crippen LogP contribution in [0.15, 0.2) is 0 Å². The fraction of sp³-hybridized carbons (Fsp3) is 0.917. The number of rotatable bonds is 1. The fourth-order valence-electron chi connectivity index (χ4n) is 2.36. The molecule has 0 aromatic carbocycles. The highest BCUT2D eigenvalue weighted by molar-refractivity contribution is 5.75. The summed E-state index contributed by atoms with van der Waals surface area (Å²) >= 11 is 0. The van der Waals surface area contributed by atoms with E-state index in [1.54, 1.807) is 0 Å². The summed E-state index contributed by atoms with van der Waals surface area (Å²) < 4.78 is 10.8. The summed E-state index contributed by atoms with van der Waals surface area (Å²) in [6.07, 6.45) is 1.89. The van der Waals surface area contributed by atoms with E-state index in [0.717, 1.165) is 26.0 Å². The molecule has 0 aromatic rings. The van der Waals surface area contributed by atoms with Crippen molar-refractivity contribution >= 4 is 6.03 Å². The molecule has 0 unspecified atom stereocenters. The summed E-state index contributed by atoms with van der Waals surface area (Å²) in [7, 11) is 0. The van der Waals surface area contributed by atoms with Crippen molar-refractivity contribution in [1.82, 2.24) is 9.80 Å². The van der Waals surface area contributed by atoms with E-state index in [4.69, 9.17) is 9.47 Å². The smallest absolute Gasteiger partial charge is 0.320 e. The zero-order valence-electron chi connectivity index (χ0n) is 10.6. The molecule has 17 heavy (non-hydrogen) atoms. The molecular weight excluding hydrogens is 220 g/mol. The Kier molecular flexibility index (Phi) is 4.62. The largest absolute Gasteiger partial charge is 0.380 e. The first-order valence-electron chi connectivity index (χ1n) is 6.54. The molecule has 2 amide bonds. The lowest BCUT2D eigenvalue weighted by Gasteiger charge is -2.38. The maximum absolute atomic E-state index is 12.4. The monoisotopic (exact) mass is 242 g/mol. The third-order valence-electron chi connectivity index (χ3n) is 3.44. The van der Waals surface area contributed by atoms with Crippen LogP contribution in [-0.4, -0.2) is 67.9 Å². The number of carbonyl (C=O) groups excluding carboxylic acids is 1. The number of urea groups is 1. The Bertz CT molecular complexity index is 252. The van der Waals surface area contributed by atoms with Crippen molar-refractivity contribution in [3.63, 3.8) is 0 Å². The third kappa shape index (κ3) is 3.10. The van der Waals surface area contributed by atoms with Crippen LogP contribution in [0.2, 0.25) is 0 Å². The average molecular weight is 242 g/mol. The van der Waals surface area contributed by atoms with E-state index in [9.17, 15) is 4.79 Å². The first kappa shape index (κ1) is 12.6. The molecule has 2 heterocycles. The zero-order chi connectivity index (χ0) is 12.1. The lowest BCUT2D eigenvalue weighted by molar-refractivity contribution is 0.00276. The van der Waals surface area contributed by atoms with E-state index in [2.05, 4.69) is 6.92 Å². The van der Waals surface area contributed by atoms with E-state index in [0.29, 0.717) is 32.9 Å². The minimum absolute atomic E-state index is 0.158. The van der Waals surface area contributed by atoms with Crippen LogP contribution in [0.4, 0.5) is 4.79 Å². The Morgan fingerprint density at radius 1 is 1.18 bits per heavy atom. The molecule has 0 spiro atoms. The molecule has 0 aliphatic carbocycles. The van der Waals surface area contributed by atoms with Crippen molar-refractivity contribution in [2.75, 3.05) is 46.1 Å². The van der Waals surface area contributed by atoms with Gasteiger partial charge in [0.05, 0.1) is 25.9 Å². The molecule has 1 atom stereocenters. The second-order valence-corrected chi connectivity index (χ2v) is 4.57. The predicted octanol–water partition coefficient (Wildman–Crippen LogP) is 0.939. The molecule has 2 fully saturated rings. The number of hydrogen-bond donors (Lipinski definition) is 0. The molecule has 2 rings (SSSR count). The summed E-state index contributed by atoms with van der Waals surface area (Å²) in [5.74, 6) is 0. The summed E-state index contributed by atoms with van der Waals surface area (Å²) in [6, 6.07) is 0.395. The van der Waals surface area contributed by atoms with Crippen molar-refractivity contribution in [2.24, 2.45) is 0 Å². The molecule has 5 nitrogen and oxygen atoms in total. The molecule has 0 radical (unpaired) electrons. The van der Waals surface area contributed by atoms with Gasteiger partial charge in [-0.2, -0.15) is 0 Å². The SMILES string of the molecule is CC[C@H]1COCCN1C(=O)N1CCCOCC1. The number of ether oxygens (including phenoxy) is 2. The van der Waals surface area contributed by atoms with Gasteiger partial charge in [-0.25, -0.2) is 4.79 Å². The van der Waals surface area contributed by atoms with E-state index >= 15 is 0 Å². The molecule has 2 aliphatic rings. The van der Waals surface area contributed by atoms with E-state index in [1.165, 1.54) is 0 Å². The second kappa shape index (κ2) is 6.21. The third-order valence-corrected chi connectivity index (χ3v) is 3.44. The molecule has 0 saturated carbocycles. The number of amides is 2. The van der Waals surface area contributed by atoms with Gasteiger partial charge in [-0.1, -0.05) is 6.92 Å². The van der Waals surface area contributed by atoms with Gasteiger partial charge in [0.15, 0.2) is 0 Å². The zero-order valence-corrected chi connectivity index (χ0v) is 10.6. The Labute approximate surface area is 103 Å². The summed E-state index contributed by atoms with van der Waals surface area (Å²) in [4.78, 5) is 16.3. The van der Waals surface area contributed by atoms with E-state index < -0.39 is 0 Å². The van der Waals surface area contributed by atoms with Gasteiger partial charge in [0.1, 0.15) is 0 Å². The minimum atomic E-state index is 0.158. The van der Waals surface area contributed by atoms with Crippen LogP contribution in [0, 0.1) is 0 Å². The Morgan fingerprint density at radius 3 is 2.82 bits per heavy atom. The van der Waals surface area contributed by atoms with Crippen LogP contribution >= 0.6 is 0 Å². The van der Waals surface area contributed by atoms with Crippen LogP contribution in [0.1, 0.15) is 19.8 Å². The quantitative estimate of drug-likeness (QED) is 0.687. The number of morpholine rings is 1. The lowest BCUT2D eigenvalue weighted by Crippen LogP contribution is -2.53. The topological polar surface area (TPSA) is 42.0 Å². The highest BCUT2D eigenvalue weighted by Crippen LogP contribution is 2.14. The van der Waals surface area contributed by atoms with Gasteiger partial charge in [0, 0.05) is 26.2 Å². The van der Waals surface area contributed by atoms with Crippen LogP contribution in [-0.2, 0) is 9.47 Å². The number of hydrogen-bond acceptors (Lipinski definition) is 3. The number of carbonyl (C=O) groups is 1. The first-order chi connectivity index (χ1) is 8.33. The van der Waals surface area contributed by atoms with Crippen molar-refractivity contribution in [1.29, 1.82) is 0 Å². The van der Waals surface area contributed by atoms with Crippen molar-refractivity contribution in [3.8, 4) is 0 Å². The lowest BCUT2D eigenvalue weighted by atomic mass is 10.2. The molecule has 0 N–H and O–H groups in total. The standard InChI is InChI=1S/C12H22N2O3/c1-2-11-10-17-9-6-14(11)12(15)13-4-3-7-16-8-5-13/h11H,2-10H2,1H3/t11-/m0/s1. The summed E-state index contributed by atoms with van der Waals surface area (Å²) in [5.41, 5.74) is 0. The molecule has 2 aliphatic heterocycles. The van der Waals surface area contributed by atoms with Crippen molar-refractivity contribution in [2.45, 2.75) is 25.8 Å². The van der Waals surface area contributed by atoms with Crippen molar-refractivity contribution in [3.05, 3.63) is 0 Å². The molecule has 5 heteroatoms. The fourth-order valence-corrected chi connectivity index (χ4v) is 2.36. The van der Waals surface area contributed by atoms with Gasteiger partial charge >= 0.3 is 6.03 Å². The maximum atomic E-state index is 12.4. The van der Waals surface area contributed by atoms with Crippen molar-refractivity contribution < 1.29 is 14.3 Å². The predicted molar refractivity (Wildman–Crippen MR) is 64.0 cm³/mol. The van der Waals surface area contributed by atoms with Crippen LogP contribution < -0.4 is 0 Å². The maximum Gasteiger partial charge on any atom is 0.320 e. The Hall–Kier alpha value is -0.810. The highest BCUT2D eigenvalue weighted by atomic mass is 16.5. The van der Waals surface area contributed by atoms with Gasteiger partial charge in [0.2, 0.25) is 0 Å². The second-order valence-electron chi connectivity index (χ2n) is 4.57. The summed E-state index contributed by atoms with van der Waals surface area (Å²) in [6.45, 7) is 7.11. The van der Waals surface area contributed by atoms with Gasteiger partial charge < -0.3 is 19.3 Å². The summed E-state index contributed by atoms with van der Waals surface area (Å²) in [5, 5.41) is 0. The van der Waals surface area contributed by atoms with Gasteiger partial charge in [-0.15, -0.1) is 0 Å². The normalized spacial score (nSPS) is 26.8. The van der Waals surface area contributed by atoms with Crippen LogP contribution in [0.3, 0.4) is 0 Å². The van der Waals surface area contributed by atoms with Gasteiger partial charge in [0.25, 0.3) is 0 Å². The Morgan fingerprint density at radius 2 is 2.00 bits per heavy atom. The molecular formula is C12H22N2O3. The Balaban J connectivity index is 1.96. The minimum Gasteiger partial charge on any atom is -0.380 e. The van der Waals surface area contributed by atoms with Crippen LogP contribution in [0.25, 0.3) is 0 Å². The molecule has 0 aromatic heterocycles. The van der Waals surface area contributed by atoms with E-state index in [1.807, 2.05) is 9.80 Å². The molecule has 0 bridgehead atoms. The first-order valence-corrected chi connectivity index (χ1v) is 6.54. The van der Waals surface area contributed by atoms with Gasteiger partial charge in [-0.3, -0.25) is 0 Å². The van der Waals surface area contributed by atoms with Crippen LogP contribution in [0.5, 0.6) is 0 Å². The highest BCUT2D eigenvalue weighted by Gasteiger charge is 2.29. The van der Waals surface area contributed by atoms with E-state index in [-0.39, 0.29) is 12.1 Å². The average Bonchev–Trinajstić information content (AvgIpc) is 2.66. The molecule has 98 valence electrons. The number of nitrogens with zero attached hydrogens (tertiary/aromatic N) is 2. The van der Waals surface area contributed by atoms with Gasteiger partial charge in [-0.05, 0) is 12.8 Å².